The van der Waals surface area contributed by atoms with Gasteiger partial charge in [0.05, 0.1) is 0 Å². The second-order valence-electron chi connectivity index (χ2n) is 8.79. The Morgan fingerprint density at radius 3 is 2.70 bits per heavy atom. The summed E-state index contributed by atoms with van der Waals surface area (Å²) in [5.74, 6) is 0.174. The Balaban J connectivity index is 1.43. The van der Waals surface area contributed by atoms with Crippen LogP contribution in [-0.4, -0.2) is 46.9 Å². The SMILES string of the molecule is Cc1cccc(CN2CCC[C@@]3(CCN(C(=O)c4[nH]c(C)cc4C)C3)C2)c1. The Hall–Kier alpha value is -2.07. The van der Waals surface area contributed by atoms with Gasteiger partial charge < -0.3 is 9.88 Å². The van der Waals surface area contributed by atoms with Crippen molar-refractivity contribution < 1.29 is 4.79 Å². The van der Waals surface area contributed by atoms with Crippen molar-refractivity contribution in [3.8, 4) is 0 Å². The monoisotopic (exact) mass is 365 g/mol. The number of carbonyl (C=O) groups is 1. The highest BCUT2D eigenvalue weighted by molar-refractivity contribution is 5.94. The highest BCUT2D eigenvalue weighted by Gasteiger charge is 2.43. The zero-order chi connectivity index (χ0) is 19.0. The third kappa shape index (κ3) is 3.81. The number of likely N-dealkylation sites (tertiary alicyclic amines) is 2. The Morgan fingerprint density at radius 1 is 1.11 bits per heavy atom. The molecule has 2 aliphatic heterocycles. The minimum absolute atomic E-state index is 0.174. The van der Waals surface area contributed by atoms with Gasteiger partial charge in [0.15, 0.2) is 0 Å². The van der Waals surface area contributed by atoms with Crippen LogP contribution in [0.1, 0.15) is 52.1 Å². The van der Waals surface area contributed by atoms with Gasteiger partial charge in [-0.3, -0.25) is 9.69 Å². The number of nitrogens with zero attached hydrogens (tertiary/aromatic N) is 2. The van der Waals surface area contributed by atoms with Gasteiger partial charge in [-0.2, -0.15) is 0 Å². The highest BCUT2D eigenvalue weighted by atomic mass is 16.2. The van der Waals surface area contributed by atoms with Gasteiger partial charge >= 0.3 is 0 Å². The van der Waals surface area contributed by atoms with E-state index in [1.807, 2.05) is 13.8 Å². The number of amides is 1. The predicted molar refractivity (Wildman–Crippen MR) is 109 cm³/mol. The molecule has 0 unspecified atom stereocenters. The van der Waals surface area contributed by atoms with Gasteiger partial charge in [0.25, 0.3) is 5.91 Å². The molecule has 1 atom stereocenters. The largest absolute Gasteiger partial charge is 0.354 e. The molecule has 144 valence electrons. The molecule has 1 spiro atoms. The van der Waals surface area contributed by atoms with Gasteiger partial charge in [-0.25, -0.2) is 0 Å². The predicted octanol–water partition coefficient (Wildman–Crippen LogP) is 4.07. The maximum Gasteiger partial charge on any atom is 0.270 e. The summed E-state index contributed by atoms with van der Waals surface area (Å²) in [7, 11) is 0. The zero-order valence-corrected chi connectivity index (χ0v) is 16.8. The minimum Gasteiger partial charge on any atom is -0.354 e. The van der Waals surface area contributed by atoms with Crippen LogP contribution in [0.25, 0.3) is 0 Å². The van der Waals surface area contributed by atoms with E-state index in [1.165, 1.54) is 30.5 Å². The fourth-order valence-corrected chi connectivity index (χ4v) is 5.06. The van der Waals surface area contributed by atoms with Crippen molar-refractivity contribution in [2.75, 3.05) is 26.2 Å². The third-order valence-electron chi connectivity index (χ3n) is 6.32. The topological polar surface area (TPSA) is 39.3 Å². The number of aromatic amines is 1. The van der Waals surface area contributed by atoms with E-state index < -0.39 is 0 Å². The number of piperidine rings is 1. The molecule has 1 aromatic carbocycles. The molecule has 4 nitrogen and oxygen atoms in total. The van der Waals surface area contributed by atoms with Crippen molar-refractivity contribution in [2.45, 2.75) is 46.6 Å². The first-order valence-electron chi connectivity index (χ1n) is 10.2. The molecule has 27 heavy (non-hydrogen) atoms. The molecule has 2 aliphatic rings. The van der Waals surface area contributed by atoms with Crippen LogP contribution in [0.5, 0.6) is 0 Å². The summed E-state index contributed by atoms with van der Waals surface area (Å²) in [6, 6.07) is 10.9. The maximum absolute atomic E-state index is 13.0. The molecule has 2 fully saturated rings. The van der Waals surface area contributed by atoms with E-state index in [0.717, 1.165) is 49.6 Å². The van der Waals surface area contributed by atoms with Gasteiger partial charge in [0.2, 0.25) is 0 Å². The third-order valence-corrected chi connectivity index (χ3v) is 6.32. The number of nitrogens with one attached hydrogen (secondary N) is 1. The van der Waals surface area contributed by atoms with E-state index in [9.17, 15) is 4.79 Å². The van der Waals surface area contributed by atoms with Gasteiger partial charge in [0, 0.05) is 37.3 Å². The van der Waals surface area contributed by atoms with Crippen LogP contribution in [0.4, 0.5) is 0 Å². The first-order valence-corrected chi connectivity index (χ1v) is 10.2. The molecule has 4 rings (SSSR count). The summed E-state index contributed by atoms with van der Waals surface area (Å²) in [5, 5.41) is 0. The molecule has 4 heteroatoms. The molecule has 2 saturated heterocycles. The minimum atomic E-state index is 0.174. The smallest absolute Gasteiger partial charge is 0.270 e. The number of hydrogen-bond acceptors (Lipinski definition) is 2. The average Bonchev–Trinajstić information content (AvgIpc) is 3.17. The lowest BCUT2D eigenvalue weighted by Gasteiger charge is -2.40. The number of aryl methyl sites for hydroxylation is 3. The van der Waals surface area contributed by atoms with E-state index >= 15 is 0 Å². The van der Waals surface area contributed by atoms with Crippen LogP contribution in [0.2, 0.25) is 0 Å². The summed E-state index contributed by atoms with van der Waals surface area (Å²) < 4.78 is 0. The molecule has 1 amide bonds. The average molecular weight is 366 g/mol. The van der Waals surface area contributed by atoms with E-state index in [4.69, 9.17) is 0 Å². The lowest BCUT2D eigenvalue weighted by molar-refractivity contribution is 0.0671. The van der Waals surface area contributed by atoms with Gasteiger partial charge in [-0.05, 0) is 63.8 Å². The Morgan fingerprint density at radius 2 is 1.96 bits per heavy atom. The van der Waals surface area contributed by atoms with E-state index in [-0.39, 0.29) is 11.3 Å². The standard InChI is InChI=1S/C23H31N3O/c1-17-6-4-7-20(12-17)14-25-10-5-8-23(15-25)9-11-26(16-23)22(27)21-18(2)13-19(3)24-21/h4,6-7,12-13,24H,5,8-11,14-16H2,1-3H3/t23-/m1/s1. The molecular weight excluding hydrogens is 334 g/mol. The van der Waals surface area contributed by atoms with Crippen LogP contribution >= 0.6 is 0 Å². The molecule has 1 N–H and O–H groups in total. The van der Waals surface area contributed by atoms with Crippen LogP contribution in [0.3, 0.4) is 0 Å². The normalized spacial score (nSPS) is 23.3. The van der Waals surface area contributed by atoms with Crippen molar-refractivity contribution in [1.82, 2.24) is 14.8 Å². The fraction of sp³-hybridized carbons (Fsp3) is 0.522. The number of H-pyrrole nitrogens is 1. The van der Waals surface area contributed by atoms with Crippen molar-refractivity contribution >= 4 is 5.91 Å². The number of aromatic nitrogens is 1. The second-order valence-corrected chi connectivity index (χ2v) is 8.79. The molecule has 3 heterocycles. The molecule has 0 radical (unpaired) electrons. The van der Waals surface area contributed by atoms with Gasteiger partial charge in [0.1, 0.15) is 5.69 Å². The Bertz CT molecular complexity index is 840. The maximum atomic E-state index is 13.0. The van der Waals surface area contributed by atoms with Crippen molar-refractivity contribution in [2.24, 2.45) is 5.41 Å². The van der Waals surface area contributed by atoms with Gasteiger partial charge in [-0.15, -0.1) is 0 Å². The quantitative estimate of drug-likeness (QED) is 0.891. The molecule has 2 aromatic rings. The number of rotatable bonds is 3. The van der Waals surface area contributed by atoms with Gasteiger partial charge in [-0.1, -0.05) is 29.8 Å². The Labute approximate surface area is 162 Å². The summed E-state index contributed by atoms with van der Waals surface area (Å²) >= 11 is 0. The van der Waals surface area contributed by atoms with Crippen molar-refractivity contribution in [3.63, 3.8) is 0 Å². The van der Waals surface area contributed by atoms with Crippen molar-refractivity contribution in [3.05, 3.63) is 58.4 Å². The number of hydrogen-bond donors (Lipinski definition) is 1. The highest BCUT2D eigenvalue weighted by Crippen LogP contribution is 2.40. The summed E-state index contributed by atoms with van der Waals surface area (Å²) in [6.07, 6.45) is 3.60. The zero-order valence-electron chi connectivity index (χ0n) is 16.8. The van der Waals surface area contributed by atoms with E-state index in [0.29, 0.717) is 0 Å². The Kier molecular flexibility index (Phi) is 4.85. The molecule has 0 saturated carbocycles. The van der Waals surface area contributed by atoms with Crippen LogP contribution in [0, 0.1) is 26.2 Å². The van der Waals surface area contributed by atoms with E-state index in [2.05, 4.69) is 52.0 Å². The van der Waals surface area contributed by atoms with E-state index in [1.54, 1.807) is 0 Å². The lowest BCUT2D eigenvalue weighted by Crippen LogP contribution is -2.45. The second kappa shape index (κ2) is 7.16. The van der Waals surface area contributed by atoms with Crippen LogP contribution < -0.4 is 0 Å². The molecule has 1 aromatic heterocycles. The van der Waals surface area contributed by atoms with Crippen molar-refractivity contribution in [1.29, 1.82) is 0 Å². The number of carbonyl (C=O) groups excluding carboxylic acids is 1. The lowest BCUT2D eigenvalue weighted by atomic mass is 9.79. The summed E-state index contributed by atoms with van der Waals surface area (Å²) in [5.41, 5.74) is 5.89. The fourth-order valence-electron chi connectivity index (χ4n) is 5.06. The summed E-state index contributed by atoms with van der Waals surface area (Å²) in [4.78, 5) is 20.9. The van der Waals surface area contributed by atoms with Crippen LogP contribution in [-0.2, 0) is 6.54 Å². The summed E-state index contributed by atoms with van der Waals surface area (Å²) in [6.45, 7) is 11.3. The van der Waals surface area contributed by atoms with Crippen LogP contribution in [0.15, 0.2) is 30.3 Å². The molecule has 0 aliphatic carbocycles. The number of benzene rings is 1. The molecular formula is C23H31N3O. The first kappa shape index (κ1) is 18.3. The first-order chi connectivity index (χ1) is 12.9. The molecule has 0 bridgehead atoms.